The smallest absolute Gasteiger partial charge is 0.253 e. The number of carbonyl (C=O) groups is 1. The molecule has 1 amide bonds. The fourth-order valence-electron chi connectivity index (χ4n) is 4.05. The van der Waals surface area contributed by atoms with E-state index in [1.54, 1.807) is 13.3 Å². The number of aromatic amines is 1. The molecule has 0 spiro atoms. The predicted octanol–water partition coefficient (Wildman–Crippen LogP) is 4.54. The molecule has 1 aliphatic rings. The Labute approximate surface area is 174 Å². The van der Waals surface area contributed by atoms with Crippen LogP contribution in [0.5, 0.6) is 5.75 Å². The molecule has 1 N–H and O–H groups in total. The Kier molecular flexibility index (Phi) is 4.67. The maximum Gasteiger partial charge on any atom is 0.253 e. The van der Waals surface area contributed by atoms with E-state index in [0.717, 1.165) is 59.5 Å². The number of pyridine rings is 1. The van der Waals surface area contributed by atoms with Crippen LogP contribution in [-0.4, -0.2) is 46.2 Å². The van der Waals surface area contributed by atoms with Gasteiger partial charge in [0.05, 0.1) is 12.8 Å². The molecule has 6 heteroatoms. The second-order valence-corrected chi connectivity index (χ2v) is 7.47. The minimum atomic E-state index is 0.0985. The SMILES string of the molecule is COc1ccccc1-c1[nH]nc2ncc(-c3cccc(C(=O)N4CCCC4)c3)cc12. The standard InChI is InChI=1S/C24H22N4O2/c1-30-21-10-3-2-9-19(21)22-20-14-18(15-25-23(20)27-26-22)16-7-6-8-17(13-16)24(29)28-11-4-5-12-28/h2-3,6-10,13-15H,4-5,11-12H2,1H3,(H,25,26,27). The summed E-state index contributed by atoms with van der Waals surface area (Å²) in [5.74, 6) is 0.869. The van der Waals surface area contributed by atoms with Crippen LogP contribution in [0.4, 0.5) is 0 Å². The number of hydrogen-bond acceptors (Lipinski definition) is 4. The van der Waals surface area contributed by atoms with Gasteiger partial charge in [-0.2, -0.15) is 5.10 Å². The molecular weight excluding hydrogens is 376 g/mol. The van der Waals surface area contributed by atoms with E-state index in [2.05, 4.69) is 21.2 Å². The van der Waals surface area contributed by atoms with E-state index in [9.17, 15) is 4.79 Å². The van der Waals surface area contributed by atoms with E-state index in [1.807, 2.05) is 53.4 Å². The molecule has 6 nitrogen and oxygen atoms in total. The summed E-state index contributed by atoms with van der Waals surface area (Å²) in [4.78, 5) is 19.3. The van der Waals surface area contributed by atoms with Gasteiger partial charge in [0.15, 0.2) is 5.65 Å². The molecule has 0 bridgehead atoms. The first-order valence-electron chi connectivity index (χ1n) is 10.1. The number of carbonyl (C=O) groups excluding carboxylic acids is 1. The summed E-state index contributed by atoms with van der Waals surface area (Å²) in [5.41, 5.74) is 5.05. The molecule has 3 heterocycles. The lowest BCUT2D eigenvalue weighted by Gasteiger charge is -2.15. The molecule has 0 aliphatic carbocycles. The first-order chi connectivity index (χ1) is 14.7. The molecule has 2 aromatic carbocycles. The number of hydrogen-bond donors (Lipinski definition) is 1. The lowest BCUT2D eigenvalue weighted by molar-refractivity contribution is 0.0793. The zero-order chi connectivity index (χ0) is 20.5. The predicted molar refractivity (Wildman–Crippen MR) is 116 cm³/mol. The highest BCUT2D eigenvalue weighted by Crippen LogP contribution is 2.34. The third kappa shape index (κ3) is 3.20. The van der Waals surface area contributed by atoms with Crippen LogP contribution >= 0.6 is 0 Å². The van der Waals surface area contributed by atoms with E-state index in [1.165, 1.54) is 0 Å². The van der Waals surface area contributed by atoms with Crippen LogP contribution in [0.2, 0.25) is 0 Å². The Bertz CT molecular complexity index is 1220. The molecule has 2 aromatic heterocycles. The molecule has 0 radical (unpaired) electrons. The summed E-state index contributed by atoms with van der Waals surface area (Å²) in [7, 11) is 1.66. The van der Waals surface area contributed by atoms with Gasteiger partial charge in [-0.25, -0.2) is 4.98 Å². The van der Waals surface area contributed by atoms with Gasteiger partial charge < -0.3 is 9.64 Å². The number of nitrogens with zero attached hydrogens (tertiary/aromatic N) is 3. The van der Waals surface area contributed by atoms with Crippen molar-refractivity contribution in [1.29, 1.82) is 0 Å². The monoisotopic (exact) mass is 398 g/mol. The third-order valence-electron chi connectivity index (χ3n) is 5.62. The van der Waals surface area contributed by atoms with Gasteiger partial charge in [0, 0.05) is 41.4 Å². The highest BCUT2D eigenvalue weighted by atomic mass is 16.5. The molecule has 150 valence electrons. The number of fused-ring (bicyclic) bond motifs is 1. The van der Waals surface area contributed by atoms with E-state index in [4.69, 9.17) is 4.74 Å². The van der Waals surface area contributed by atoms with Crippen LogP contribution in [0.1, 0.15) is 23.2 Å². The maximum absolute atomic E-state index is 12.8. The van der Waals surface area contributed by atoms with Gasteiger partial charge in [-0.3, -0.25) is 9.89 Å². The molecule has 4 aromatic rings. The molecule has 30 heavy (non-hydrogen) atoms. The van der Waals surface area contributed by atoms with Crippen molar-refractivity contribution in [1.82, 2.24) is 20.1 Å². The summed E-state index contributed by atoms with van der Waals surface area (Å²) >= 11 is 0. The van der Waals surface area contributed by atoms with Crippen molar-refractivity contribution in [2.75, 3.05) is 20.2 Å². The highest BCUT2D eigenvalue weighted by Gasteiger charge is 2.20. The number of para-hydroxylation sites is 1. The second-order valence-electron chi connectivity index (χ2n) is 7.47. The normalized spacial score (nSPS) is 13.7. The first-order valence-corrected chi connectivity index (χ1v) is 10.1. The fraction of sp³-hybridized carbons (Fsp3) is 0.208. The zero-order valence-electron chi connectivity index (χ0n) is 16.8. The van der Waals surface area contributed by atoms with Crippen molar-refractivity contribution in [3.8, 4) is 28.1 Å². The van der Waals surface area contributed by atoms with Crippen molar-refractivity contribution in [2.45, 2.75) is 12.8 Å². The maximum atomic E-state index is 12.8. The Morgan fingerprint density at radius 3 is 2.70 bits per heavy atom. The molecule has 5 rings (SSSR count). The third-order valence-corrected chi connectivity index (χ3v) is 5.62. The topological polar surface area (TPSA) is 71.1 Å². The summed E-state index contributed by atoms with van der Waals surface area (Å²) < 4.78 is 5.51. The zero-order valence-corrected chi connectivity index (χ0v) is 16.8. The number of H-pyrrole nitrogens is 1. The largest absolute Gasteiger partial charge is 0.496 e. The van der Waals surface area contributed by atoms with E-state index in [-0.39, 0.29) is 5.91 Å². The molecule has 0 atom stereocenters. The molecule has 1 fully saturated rings. The molecular formula is C24H22N4O2. The second kappa shape index (κ2) is 7.63. The quantitative estimate of drug-likeness (QED) is 0.548. The van der Waals surface area contributed by atoms with Gasteiger partial charge in [0.2, 0.25) is 0 Å². The van der Waals surface area contributed by atoms with Crippen molar-refractivity contribution >= 4 is 16.9 Å². The number of likely N-dealkylation sites (tertiary alicyclic amines) is 1. The van der Waals surface area contributed by atoms with Crippen molar-refractivity contribution in [3.05, 3.63) is 66.4 Å². The van der Waals surface area contributed by atoms with Gasteiger partial charge in [0.25, 0.3) is 5.91 Å². The molecule has 1 aliphatic heterocycles. The summed E-state index contributed by atoms with van der Waals surface area (Å²) in [6.45, 7) is 1.68. The Balaban J connectivity index is 1.56. The summed E-state index contributed by atoms with van der Waals surface area (Å²) in [6, 6.07) is 17.7. The lowest BCUT2D eigenvalue weighted by atomic mass is 10.0. The first kappa shape index (κ1) is 18.4. The van der Waals surface area contributed by atoms with E-state index < -0.39 is 0 Å². The molecule has 0 saturated carbocycles. The minimum Gasteiger partial charge on any atom is -0.496 e. The average molecular weight is 398 g/mol. The highest BCUT2D eigenvalue weighted by molar-refractivity contribution is 5.97. The number of rotatable bonds is 4. The molecule has 0 unspecified atom stereocenters. The minimum absolute atomic E-state index is 0.0985. The van der Waals surface area contributed by atoms with Crippen molar-refractivity contribution in [3.63, 3.8) is 0 Å². The number of benzene rings is 2. The van der Waals surface area contributed by atoms with Gasteiger partial charge >= 0.3 is 0 Å². The number of methoxy groups -OCH3 is 1. The summed E-state index contributed by atoms with van der Waals surface area (Å²) in [6.07, 6.45) is 3.96. The van der Waals surface area contributed by atoms with Gasteiger partial charge in [-0.05, 0) is 48.7 Å². The average Bonchev–Trinajstić information content (AvgIpc) is 3.48. The van der Waals surface area contributed by atoms with Gasteiger partial charge in [-0.1, -0.05) is 24.3 Å². The number of amides is 1. The number of aromatic nitrogens is 3. The van der Waals surface area contributed by atoms with Crippen LogP contribution < -0.4 is 4.74 Å². The fourth-order valence-corrected chi connectivity index (χ4v) is 4.05. The molecule has 1 saturated heterocycles. The van der Waals surface area contributed by atoms with Crippen molar-refractivity contribution in [2.24, 2.45) is 0 Å². The Hall–Kier alpha value is -3.67. The van der Waals surface area contributed by atoms with Crippen LogP contribution in [0, 0.1) is 0 Å². The summed E-state index contributed by atoms with van der Waals surface area (Å²) in [5, 5.41) is 8.36. The Morgan fingerprint density at radius 2 is 1.87 bits per heavy atom. The Morgan fingerprint density at radius 1 is 1.03 bits per heavy atom. The van der Waals surface area contributed by atoms with Crippen LogP contribution in [0.25, 0.3) is 33.4 Å². The van der Waals surface area contributed by atoms with Gasteiger partial charge in [-0.15, -0.1) is 0 Å². The lowest BCUT2D eigenvalue weighted by Crippen LogP contribution is -2.27. The van der Waals surface area contributed by atoms with E-state index in [0.29, 0.717) is 11.2 Å². The van der Waals surface area contributed by atoms with Crippen molar-refractivity contribution < 1.29 is 9.53 Å². The van der Waals surface area contributed by atoms with Crippen LogP contribution in [0.15, 0.2) is 60.8 Å². The number of ether oxygens (including phenoxy) is 1. The number of nitrogens with one attached hydrogen (secondary N) is 1. The van der Waals surface area contributed by atoms with Crippen LogP contribution in [0.3, 0.4) is 0 Å². The van der Waals surface area contributed by atoms with Gasteiger partial charge in [0.1, 0.15) is 5.75 Å². The van der Waals surface area contributed by atoms with E-state index >= 15 is 0 Å². The van der Waals surface area contributed by atoms with Crippen LogP contribution in [-0.2, 0) is 0 Å².